The second kappa shape index (κ2) is 5.83. The van der Waals surface area contributed by atoms with Gasteiger partial charge in [-0.2, -0.15) is 0 Å². The Morgan fingerprint density at radius 1 is 1.27 bits per heavy atom. The number of hydrogen-bond acceptors (Lipinski definition) is 3. The van der Waals surface area contributed by atoms with E-state index in [2.05, 4.69) is 26.1 Å². The third-order valence-electron chi connectivity index (χ3n) is 2.48. The predicted octanol–water partition coefficient (Wildman–Crippen LogP) is 1.82. The lowest BCUT2D eigenvalue weighted by molar-refractivity contribution is -0.0853. The van der Waals surface area contributed by atoms with Crippen LogP contribution < -0.4 is 5.32 Å². The van der Waals surface area contributed by atoms with E-state index >= 15 is 0 Å². The highest BCUT2D eigenvalue weighted by molar-refractivity contribution is 4.78. The lowest BCUT2D eigenvalue weighted by Crippen LogP contribution is -2.47. The van der Waals surface area contributed by atoms with E-state index in [1.54, 1.807) is 0 Å². The van der Waals surface area contributed by atoms with E-state index in [0.717, 1.165) is 26.1 Å². The van der Waals surface area contributed by atoms with Gasteiger partial charge in [0.25, 0.3) is 0 Å². The van der Waals surface area contributed by atoms with Crippen LogP contribution in [0, 0.1) is 5.41 Å². The standard InChI is InChI=1S/C12H25NO2/c1-5-14-9-11-8-13-7-10(15-11)6-12(2,3)4/h10-11,13H,5-9H2,1-4H3. The Bertz CT molecular complexity index is 177. The van der Waals surface area contributed by atoms with Crippen LogP contribution in [0.5, 0.6) is 0 Å². The van der Waals surface area contributed by atoms with Gasteiger partial charge in [-0.3, -0.25) is 0 Å². The molecule has 1 rings (SSSR count). The van der Waals surface area contributed by atoms with Gasteiger partial charge in [0.15, 0.2) is 0 Å². The summed E-state index contributed by atoms with van der Waals surface area (Å²) in [5.41, 5.74) is 0.333. The van der Waals surface area contributed by atoms with Crippen LogP contribution in [0.4, 0.5) is 0 Å². The zero-order valence-corrected chi connectivity index (χ0v) is 10.5. The normalized spacial score (nSPS) is 28.0. The van der Waals surface area contributed by atoms with Crippen LogP contribution in [0.1, 0.15) is 34.1 Å². The summed E-state index contributed by atoms with van der Waals surface area (Å²) >= 11 is 0. The molecule has 0 amide bonds. The average molecular weight is 215 g/mol. The zero-order chi connectivity index (χ0) is 11.3. The fraction of sp³-hybridized carbons (Fsp3) is 1.00. The molecule has 0 bridgehead atoms. The van der Waals surface area contributed by atoms with E-state index < -0.39 is 0 Å². The quantitative estimate of drug-likeness (QED) is 0.776. The van der Waals surface area contributed by atoms with Crippen molar-refractivity contribution < 1.29 is 9.47 Å². The van der Waals surface area contributed by atoms with Crippen LogP contribution in [-0.2, 0) is 9.47 Å². The Hall–Kier alpha value is -0.120. The van der Waals surface area contributed by atoms with E-state index in [9.17, 15) is 0 Å². The third-order valence-corrected chi connectivity index (χ3v) is 2.48. The lowest BCUT2D eigenvalue weighted by Gasteiger charge is -2.34. The first-order valence-corrected chi connectivity index (χ1v) is 5.95. The molecule has 0 aliphatic carbocycles. The van der Waals surface area contributed by atoms with Gasteiger partial charge >= 0.3 is 0 Å². The molecule has 0 radical (unpaired) electrons. The van der Waals surface area contributed by atoms with Crippen LogP contribution in [0.3, 0.4) is 0 Å². The number of hydrogen-bond donors (Lipinski definition) is 1. The van der Waals surface area contributed by atoms with Crippen LogP contribution in [0.15, 0.2) is 0 Å². The minimum Gasteiger partial charge on any atom is -0.379 e. The van der Waals surface area contributed by atoms with E-state index in [0.29, 0.717) is 18.1 Å². The van der Waals surface area contributed by atoms with Crippen LogP contribution in [0.2, 0.25) is 0 Å². The lowest BCUT2D eigenvalue weighted by atomic mass is 9.89. The molecule has 3 heteroatoms. The van der Waals surface area contributed by atoms with Crippen molar-refractivity contribution in [1.29, 1.82) is 0 Å². The van der Waals surface area contributed by atoms with Crippen LogP contribution >= 0.6 is 0 Å². The van der Waals surface area contributed by atoms with E-state index in [1.807, 2.05) is 6.92 Å². The van der Waals surface area contributed by atoms with Crippen LogP contribution in [0.25, 0.3) is 0 Å². The first-order valence-electron chi connectivity index (χ1n) is 5.95. The summed E-state index contributed by atoms with van der Waals surface area (Å²) in [4.78, 5) is 0. The molecule has 15 heavy (non-hydrogen) atoms. The van der Waals surface area contributed by atoms with Crippen molar-refractivity contribution in [3.05, 3.63) is 0 Å². The number of morpholine rings is 1. The van der Waals surface area contributed by atoms with E-state index in [4.69, 9.17) is 9.47 Å². The van der Waals surface area contributed by atoms with Crippen molar-refractivity contribution >= 4 is 0 Å². The molecule has 0 aromatic carbocycles. The average Bonchev–Trinajstić information content (AvgIpc) is 2.12. The molecular weight excluding hydrogens is 190 g/mol. The topological polar surface area (TPSA) is 30.5 Å². The van der Waals surface area contributed by atoms with Gasteiger partial charge in [0.1, 0.15) is 0 Å². The summed E-state index contributed by atoms with van der Waals surface area (Å²) in [6.45, 7) is 12.1. The van der Waals surface area contributed by atoms with Gasteiger partial charge in [0.2, 0.25) is 0 Å². The second-order valence-electron chi connectivity index (χ2n) is 5.46. The largest absolute Gasteiger partial charge is 0.379 e. The van der Waals surface area contributed by atoms with Gasteiger partial charge in [-0.05, 0) is 18.8 Å². The monoisotopic (exact) mass is 215 g/mol. The van der Waals surface area contributed by atoms with Crippen molar-refractivity contribution in [2.24, 2.45) is 5.41 Å². The van der Waals surface area contributed by atoms with Gasteiger partial charge in [0, 0.05) is 19.7 Å². The Balaban J connectivity index is 2.29. The molecular formula is C12H25NO2. The molecule has 3 nitrogen and oxygen atoms in total. The predicted molar refractivity (Wildman–Crippen MR) is 62.1 cm³/mol. The molecule has 1 fully saturated rings. The molecule has 2 atom stereocenters. The fourth-order valence-corrected chi connectivity index (χ4v) is 1.92. The van der Waals surface area contributed by atoms with E-state index in [-0.39, 0.29) is 6.10 Å². The summed E-state index contributed by atoms with van der Waals surface area (Å²) in [5, 5.41) is 3.41. The molecule has 1 aliphatic heterocycles. The smallest absolute Gasteiger partial charge is 0.0936 e. The minimum absolute atomic E-state index is 0.228. The minimum atomic E-state index is 0.228. The van der Waals surface area contributed by atoms with Crippen LogP contribution in [-0.4, -0.2) is 38.5 Å². The fourth-order valence-electron chi connectivity index (χ4n) is 1.92. The van der Waals surface area contributed by atoms with Gasteiger partial charge < -0.3 is 14.8 Å². The highest BCUT2D eigenvalue weighted by Crippen LogP contribution is 2.23. The summed E-state index contributed by atoms with van der Waals surface area (Å²) in [7, 11) is 0. The number of ether oxygens (including phenoxy) is 2. The highest BCUT2D eigenvalue weighted by atomic mass is 16.5. The second-order valence-corrected chi connectivity index (χ2v) is 5.46. The Labute approximate surface area is 93.5 Å². The van der Waals surface area contributed by atoms with Gasteiger partial charge in [-0.15, -0.1) is 0 Å². The molecule has 0 aromatic heterocycles. The van der Waals surface area contributed by atoms with Crippen molar-refractivity contribution in [1.82, 2.24) is 5.32 Å². The maximum atomic E-state index is 5.98. The summed E-state index contributed by atoms with van der Waals surface area (Å²) in [6, 6.07) is 0. The molecule has 0 aromatic rings. The molecule has 1 heterocycles. The number of nitrogens with one attached hydrogen (secondary N) is 1. The molecule has 90 valence electrons. The summed E-state index contributed by atoms with van der Waals surface area (Å²) in [6.07, 6.45) is 1.66. The van der Waals surface area contributed by atoms with Crippen molar-refractivity contribution in [2.45, 2.75) is 46.3 Å². The van der Waals surface area contributed by atoms with Crippen molar-refractivity contribution in [3.63, 3.8) is 0 Å². The molecule has 2 unspecified atom stereocenters. The van der Waals surface area contributed by atoms with Crippen molar-refractivity contribution in [3.8, 4) is 0 Å². The maximum absolute atomic E-state index is 5.98. The SMILES string of the molecule is CCOCC1CNCC(CC(C)(C)C)O1. The summed E-state index contributed by atoms with van der Waals surface area (Å²) in [5.74, 6) is 0. The van der Waals surface area contributed by atoms with Gasteiger partial charge in [-0.25, -0.2) is 0 Å². The Morgan fingerprint density at radius 3 is 2.53 bits per heavy atom. The Morgan fingerprint density at radius 2 is 1.93 bits per heavy atom. The highest BCUT2D eigenvalue weighted by Gasteiger charge is 2.25. The molecule has 0 saturated carbocycles. The molecule has 1 aliphatic rings. The molecule has 0 spiro atoms. The zero-order valence-electron chi connectivity index (χ0n) is 10.5. The molecule has 1 N–H and O–H groups in total. The first kappa shape index (κ1) is 12.9. The first-order chi connectivity index (χ1) is 7.01. The Kier molecular flexibility index (Phi) is 5.03. The maximum Gasteiger partial charge on any atom is 0.0936 e. The summed E-state index contributed by atoms with van der Waals surface area (Å²) < 4.78 is 11.4. The van der Waals surface area contributed by atoms with Crippen molar-refractivity contribution in [2.75, 3.05) is 26.3 Å². The van der Waals surface area contributed by atoms with Gasteiger partial charge in [0.05, 0.1) is 18.8 Å². The molecule has 1 saturated heterocycles. The third kappa shape index (κ3) is 5.50. The van der Waals surface area contributed by atoms with Gasteiger partial charge in [-0.1, -0.05) is 20.8 Å². The van der Waals surface area contributed by atoms with E-state index in [1.165, 1.54) is 0 Å². The number of rotatable bonds is 4.